The van der Waals surface area contributed by atoms with E-state index in [9.17, 15) is 25.1 Å². The van der Waals surface area contributed by atoms with Gasteiger partial charge in [0.1, 0.15) is 53.1 Å². The third kappa shape index (κ3) is 8.21. The number of allylic oxidation sites excluding steroid dienone is 5. The first kappa shape index (κ1) is 53.2. The van der Waals surface area contributed by atoms with Crippen LogP contribution in [0.1, 0.15) is 122 Å². The number of methoxy groups -OCH3 is 1. The molecule has 17 nitrogen and oxygen atoms in total. The summed E-state index contributed by atoms with van der Waals surface area (Å²) in [4.78, 5) is 45.3. The Balaban J connectivity index is 1.15. The van der Waals surface area contributed by atoms with Crippen molar-refractivity contribution in [3.8, 4) is 29.1 Å². The second-order valence-electron chi connectivity index (χ2n) is 23.1. The van der Waals surface area contributed by atoms with Crippen LogP contribution in [0.5, 0.6) is 23.0 Å². The predicted octanol–water partition coefficient (Wildman–Crippen LogP) is 7.68. The largest absolute Gasteiger partial charge is 0.482 e. The number of ketones is 1. The highest BCUT2D eigenvalue weighted by atomic mass is 16.8. The number of nitrogens with zero attached hydrogens (tertiary/aromatic N) is 2. The quantitative estimate of drug-likeness (QED) is 0.0802. The Hall–Kier alpha value is -6.26. The highest BCUT2D eigenvalue weighted by Gasteiger charge is 2.84. The van der Waals surface area contributed by atoms with Crippen LogP contribution >= 0.6 is 0 Å². The average molecular weight is 1040 g/mol. The number of hydrogen-bond donors (Lipinski definition) is 3. The molecule has 4 N–H and O–H groups in total. The predicted molar refractivity (Wildman–Crippen MR) is 277 cm³/mol. The third-order valence-electron chi connectivity index (χ3n) is 16.6. The lowest BCUT2D eigenvalue weighted by Gasteiger charge is -2.63. The number of nitriles is 1. The van der Waals surface area contributed by atoms with E-state index < -0.39 is 88.6 Å². The summed E-state index contributed by atoms with van der Waals surface area (Å²) in [5.74, 6) is -3.42. The zero-order valence-electron chi connectivity index (χ0n) is 45.3. The van der Waals surface area contributed by atoms with Crippen LogP contribution in [-0.2, 0) is 39.7 Å². The van der Waals surface area contributed by atoms with Crippen molar-refractivity contribution in [3.63, 3.8) is 0 Å². The van der Waals surface area contributed by atoms with Crippen molar-refractivity contribution in [2.24, 2.45) is 23.5 Å². The fourth-order valence-electron chi connectivity index (χ4n) is 12.9. The van der Waals surface area contributed by atoms with Crippen LogP contribution in [0.4, 0.5) is 0 Å². The maximum absolute atomic E-state index is 15.7. The number of esters is 2. The number of rotatable bonds is 12. The SMILES string of the molecule is COC(=O)/C(C)=C\CC12OC(C)(C)[C@H]3CC(C1=O)C1C(C#N)=C(N)N(C)C4=C1C32Oc1c(CC=C(C)C)c2c(c(OC(=O)c3ccc(O[C@@H]5O[C@@H]6COC(C)(C)O[C@H]6[C@H](O)[C@H]5O)cc3)c14)C=CC(C)(CCC=C(C)C)O2. The highest BCUT2D eigenvalue weighted by molar-refractivity contribution is 6.02. The fourth-order valence-corrected chi connectivity index (χ4v) is 12.9. The zero-order valence-corrected chi connectivity index (χ0v) is 45.3. The van der Waals surface area contributed by atoms with Gasteiger partial charge < -0.3 is 63.5 Å². The van der Waals surface area contributed by atoms with Crippen LogP contribution in [-0.4, -0.2) is 112 Å². The second kappa shape index (κ2) is 18.7. The molecule has 0 amide bonds. The Morgan fingerprint density at radius 2 is 1.68 bits per heavy atom. The molecule has 5 unspecified atom stereocenters. The number of carbonyl (C=O) groups excluding carboxylic acids is 3. The normalized spacial score (nSPS) is 32.9. The smallest absolute Gasteiger partial charge is 0.343 e. The van der Waals surface area contributed by atoms with Crippen LogP contribution in [0.3, 0.4) is 0 Å². The van der Waals surface area contributed by atoms with E-state index in [2.05, 4.69) is 18.2 Å². The van der Waals surface area contributed by atoms with E-state index in [1.165, 1.54) is 36.9 Å². The number of carbonyl (C=O) groups is 3. The van der Waals surface area contributed by atoms with Crippen LogP contribution in [0.2, 0.25) is 0 Å². The number of Topliss-reactive ketones (excluding diaryl/α,β-unsaturated/α-hetero) is 1. The molecule has 11 atom stereocenters. The van der Waals surface area contributed by atoms with Crippen molar-refractivity contribution < 1.29 is 67.2 Å². The molecule has 2 aromatic carbocycles. The number of benzene rings is 2. The third-order valence-corrected chi connectivity index (χ3v) is 16.6. The van der Waals surface area contributed by atoms with E-state index in [1.54, 1.807) is 38.8 Å². The van der Waals surface area contributed by atoms with Gasteiger partial charge in [0.25, 0.3) is 0 Å². The lowest BCUT2D eigenvalue weighted by molar-refractivity contribution is -0.373. The minimum Gasteiger partial charge on any atom is -0.482 e. The standard InChI is InChI=1S/C59H69N3O14/c1-29(2)14-13-23-57(10)24-22-35-46(74-57)34(20-15-30(3)4)48-41(47(35)72-53(67)32-16-18-33(19-17-32)70-54-45(64)44(63)49-38(71-54)28-69-56(8,9)73-49)43-42-40(37(27-60)51(61)62(43)11)36-26-39-55(6,7)76-58(50(36)65,59(39,42)75-48)25-21-31(5)52(66)68-12/h14-19,21-22,24,36,38-40,44-45,49,54,63-64H,13,20,23,25-26,28,61H2,1-12H3/b31-21-/t36?,38-,39-,40?,44-,45-,49-,54-,57?,58?,59?/m1/s1. The summed E-state index contributed by atoms with van der Waals surface area (Å²) in [7, 11) is 3.06. The Kier molecular flexibility index (Phi) is 13.1. The first-order chi connectivity index (χ1) is 35.8. The van der Waals surface area contributed by atoms with E-state index in [-0.39, 0.29) is 52.8 Å². The van der Waals surface area contributed by atoms with Gasteiger partial charge in [-0.3, -0.25) is 4.79 Å². The molecule has 11 rings (SSSR count). The summed E-state index contributed by atoms with van der Waals surface area (Å²) in [6, 6.07) is 8.47. The molecule has 3 saturated carbocycles. The lowest BCUT2D eigenvalue weighted by Crippen LogP contribution is -2.75. The van der Waals surface area contributed by atoms with Gasteiger partial charge in [0.05, 0.1) is 53.3 Å². The average Bonchev–Trinajstić information content (AvgIpc) is 3.60. The highest BCUT2D eigenvalue weighted by Crippen LogP contribution is 2.74. The molecule has 3 aliphatic carbocycles. The number of fused-ring (bicyclic) bond motifs is 4. The molecule has 6 fully saturated rings. The molecule has 2 aromatic rings. The summed E-state index contributed by atoms with van der Waals surface area (Å²) >= 11 is 0. The first-order valence-corrected chi connectivity index (χ1v) is 26.1. The van der Waals surface area contributed by atoms with E-state index in [1.807, 2.05) is 60.6 Å². The number of aliphatic hydroxyl groups is 2. The van der Waals surface area contributed by atoms with Gasteiger partial charge in [-0.15, -0.1) is 0 Å². The number of nitrogens with two attached hydrogens (primary N) is 1. The van der Waals surface area contributed by atoms with Crippen molar-refractivity contribution in [2.45, 2.75) is 160 Å². The van der Waals surface area contributed by atoms with Crippen molar-refractivity contribution in [1.82, 2.24) is 4.90 Å². The maximum atomic E-state index is 15.7. The molecule has 76 heavy (non-hydrogen) atoms. The van der Waals surface area contributed by atoms with Gasteiger partial charge >= 0.3 is 11.9 Å². The fraction of sp³-hybridized carbons (Fsp3) is 0.525. The summed E-state index contributed by atoms with van der Waals surface area (Å²) in [6.07, 6.45) is 6.04. The van der Waals surface area contributed by atoms with E-state index in [0.717, 1.165) is 12.0 Å². The molecule has 6 heterocycles. The minimum absolute atomic E-state index is 0.0566. The van der Waals surface area contributed by atoms with Gasteiger partial charge in [-0.2, -0.15) is 5.26 Å². The lowest BCUT2D eigenvalue weighted by atomic mass is 9.44. The monoisotopic (exact) mass is 1040 g/mol. The molecule has 1 spiro atoms. The van der Waals surface area contributed by atoms with E-state index >= 15 is 4.79 Å². The molecular formula is C59H69N3O14. The van der Waals surface area contributed by atoms with Crippen molar-refractivity contribution in [3.05, 3.63) is 105 Å². The maximum Gasteiger partial charge on any atom is 0.343 e. The molecule has 17 heteroatoms. The van der Waals surface area contributed by atoms with Crippen LogP contribution in [0.25, 0.3) is 11.8 Å². The van der Waals surface area contributed by atoms with Crippen molar-refractivity contribution in [2.75, 3.05) is 20.8 Å². The van der Waals surface area contributed by atoms with Crippen LogP contribution < -0.4 is 24.7 Å². The van der Waals surface area contributed by atoms with Gasteiger partial charge in [-0.1, -0.05) is 29.4 Å². The Bertz CT molecular complexity index is 3040. The minimum atomic E-state index is -1.71. The Morgan fingerprint density at radius 1 is 0.974 bits per heavy atom. The van der Waals surface area contributed by atoms with Gasteiger partial charge in [0.15, 0.2) is 28.5 Å². The van der Waals surface area contributed by atoms with E-state index in [0.29, 0.717) is 58.7 Å². The number of ether oxygens (including phenoxy) is 9. The topological polar surface area (TPSA) is 228 Å². The van der Waals surface area contributed by atoms with Crippen LogP contribution in [0, 0.1) is 29.1 Å². The molecular weight excluding hydrogens is 975 g/mol. The zero-order chi connectivity index (χ0) is 54.8. The van der Waals surface area contributed by atoms with Gasteiger partial charge in [0.2, 0.25) is 6.29 Å². The molecule has 4 bridgehead atoms. The number of hydrogen-bond acceptors (Lipinski definition) is 17. The van der Waals surface area contributed by atoms with Gasteiger partial charge in [-0.25, -0.2) is 9.59 Å². The van der Waals surface area contributed by atoms with Gasteiger partial charge in [-0.05, 0) is 131 Å². The van der Waals surface area contributed by atoms with Gasteiger partial charge in [0, 0.05) is 47.9 Å². The summed E-state index contributed by atoms with van der Waals surface area (Å²) in [6.45, 7) is 19.2. The second-order valence-corrected chi connectivity index (χ2v) is 23.1. The van der Waals surface area contributed by atoms with Crippen LogP contribution in [0.15, 0.2) is 82.3 Å². The number of aliphatic hydroxyl groups excluding tert-OH is 2. The molecule has 9 aliphatic rings. The van der Waals surface area contributed by atoms with Crippen molar-refractivity contribution in [1.29, 1.82) is 5.26 Å². The molecule has 3 saturated heterocycles. The van der Waals surface area contributed by atoms with Crippen molar-refractivity contribution >= 4 is 29.5 Å². The summed E-state index contributed by atoms with van der Waals surface area (Å²) in [5.41, 5.74) is 7.39. The molecule has 0 aromatic heterocycles. The molecule has 404 valence electrons. The first-order valence-electron chi connectivity index (χ1n) is 26.1. The summed E-state index contributed by atoms with van der Waals surface area (Å²) in [5, 5.41) is 33.1. The molecule has 6 aliphatic heterocycles. The summed E-state index contributed by atoms with van der Waals surface area (Å²) < 4.78 is 57.8. The molecule has 0 radical (unpaired) electrons. The Morgan fingerprint density at radius 3 is 2.36 bits per heavy atom. The Labute approximate surface area is 443 Å². The van der Waals surface area contributed by atoms with E-state index in [4.69, 9.17) is 48.4 Å².